The molecule has 0 bridgehead atoms. The number of fused-ring (bicyclic) bond motifs is 2. The average molecular weight is 611 g/mol. The number of rotatable bonds is 8. The molecule has 0 unspecified atom stereocenters. The first-order chi connectivity index (χ1) is 20.7. The summed E-state index contributed by atoms with van der Waals surface area (Å²) in [5, 5.41) is 18.6. The van der Waals surface area contributed by atoms with Crippen molar-refractivity contribution in [3.8, 4) is 6.07 Å². The second kappa shape index (κ2) is 12.4. The SMILES string of the molecule is Cc1c(CN2CCC(Nc3ncnc4sc(CC(F)(F)F)cc34)CC2)ccc2c1cc(C#N)n2C[C@H](C)N1CCNCC1. The van der Waals surface area contributed by atoms with Crippen LogP contribution in [0.2, 0.25) is 0 Å². The van der Waals surface area contributed by atoms with Crippen LogP contribution >= 0.6 is 11.3 Å². The lowest BCUT2D eigenvalue weighted by Crippen LogP contribution is -2.48. The van der Waals surface area contributed by atoms with Crippen molar-refractivity contribution in [2.75, 3.05) is 44.6 Å². The van der Waals surface area contributed by atoms with Crippen LogP contribution in [0.4, 0.5) is 19.0 Å². The van der Waals surface area contributed by atoms with Gasteiger partial charge in [0, 0.05) is 80.2 Å². The summed E-state index contributed by atoms with van der Waals surface area (Å²) >= 11 is 1.07. The van der Waals surface area contributed by atoms with E-state index in [2.05, 4.69) is 67.0 Å². The first-order valence-electron chi connectivity index (χ1n) is 14.9. The fraction of sp³-hybridized carbons (Fsp3) is 0.516. The van der Waals surface area contributed by atoms with Gasteiger partial charge < -0.3 is 15.2 Å². The van der Waals surface area contributed by atoms with Gasteiger partial charge in [-0.3, -0.25) is 9.80 Å². The standard InChI is InChI=1S/C31H37F3N8S/c1-20(41-11-7-36-8-12-41)17-42-24(16-35)13-26-21(2)22(3-4-28(26)42)18-40-9-5-23(6-10-40)39-29-27-14-25(15-31(32,33)34)43-30(27)38-19-37-29/h3-4,13-14,19-20,23,36H,5-12,15,17-18H2,1-2H3,(H,37,38,39)/t20-/m0/s1. The Morgan fingerprint density at radius 3 is 2.60 bits per heavy atom. The van der Waals surface area contributed by atoms with Crippen molar-refractivity contribution in [1.29, 1.82) is 5.26 Å². The van der Waals surface area contributed by atoms with Crippen LogP contribution < -0.4 is 10.6 Å². The van der Waals surface area contributed by atoms with Crippen LogP contribution in [-0.4, -0.2) is 81.9 Å². The predicted octanol–water partition coefficient (Wildman–Crippen LogP) is 5.30. The smallest absolute Gasteiger partial charge is 0.367 e. The number of thiophene rings is 1. The highest BCUT2D eigenvalue weighted by atomic mass is 32.1. The number of aromatic nitrogens is 3. The summed E-state index contributed by atoms with van der Waals surface area (Å²) in [6, 6.07) is 11.0. The fourth-order valence-electron chi connectivity index (χ4n) is 6.46. The number of anilines is 1. The number of alkyl halides is 3. The zero-order valence-electron chi connectivity index (χ0n) is 24.5. The summed E-state index contributed by atoms with van der Waals surface area (Å²) in [6.45, 7) is 11.9. The summed E-state index contributed by atoms with van der Waals surface area (Å²) in [6.07, 6.45) is -1.96. The second-order valence-electron chi connectivity index (χ2n) is 11.8. The number of halogens is 3. The van der Waals surface area contributed by atoms with E-state index in [1.165, 1.54) is 17.5 Å². The van der Waals surface area contributed by atoms with Crippen LogP contribution in [-0.2, 0) is 19.5 Å². The molecule has 2 saturated heterocycles. The maximum Gasteiger partial charge on any atom is 0.393 e. The highest BCUT2D eigenvalue weighted by molar-refractivity contribution is 7.18. The molecule has 2 fully saturated rings. The summed E-state index contributed by atoms with van der Waals surface area (Å²) < 4.78 is 40.9. The Kier molecular flexibility index (Phi) is 8.60. The van der Waals surface area contributed by atoms with Gasteiger partial charge in [0.25, 0.3) is 0 Å². The fourth-order valence-corrected chi connectivity index (χ4v) is 7.49. The number of piperazine rings is 1. The molecule has 0 spiro atoms. The number of piperidine rings is 1. The number of nitrogens with one attached hydrogen (secondary N) is 2. The van der Waals surface area contributed by atoms with E-state index in [4.69, 9.17) is 0 Å². The van der Waals surface area contributed by atoms with Gasteiger partial charge in [0.15, 0.2) is 0 Å². The molecule has 0 aliphatic carbocycles. The van der Waals surface area contributed by atoms with Crippen molar-refractivity contribution in [2.24, 2.45) is 0 Å². The van der Waals surface area contributed by atoms with Crippen molar-refractivity contribution < 1.29 is 13.2 Å². The Hall–Kier alpha value is -3.24. The summed E-state index contributed by atoms with van der Waals surface area (Å²) in [5.41, 5.74) is 4.31. The van der Waals surface area contributed by atoms with E-state index in [0.29, 0.717) is 27.8 Å². The highest BCUT2D eigenvalue weighted by Gasteiger charge is 2.29. The van der Waals surface area contributed by atoms with E-state index in [1.54, 1.807) is 6.07 Å². The summed E-state index contributed by atoms with van der Waals surface area (Å²) in [4.78, 5) is 14.3. The van der Waals surface area contributed by atoms with Gasteiger partial charge in [0.2, 0.25) is 0 Å². The van der Waals surface area contributed by atoms with Gasteiger partial charge in [-0.25, -0.2) is 9.97 Å². The third-order valence-corrected chi connectivity index (χ3v) is 9.92. The Balaban J connectivity index is 1.10. The maximum atomic E-state index is 12.9. The van der Waals surface area contributed by atoms with E-state index >= 15 is 0 Å². The van der Waals surface area contributed by atoms with Gasteiger partial charge in [0.05, 0.1) is 11.8 Å². The molecule has 228 valence electrons. The van der Waals surface area contributed by atoms with Gasteiger partial charge in [0.1, 0.15) is 28.7 Å². The zero-order chi connectivity index (χ0) is 30.1. The van der Waals surface area contributed by atoms with Gasteiger partial charge in [-0.1, -0.05) is 6.07 Å². The van der Waals surface area contributed by atoms with E-state index in [0.717, 1.165) is 87.4 Å². The minimum absolute atomic E-state index is 0.189. The third kappa shape index (κ3) is 6.65. The van der Waals surface area contributed by atoms with Crippen molar-refractivity contribution in [2.45, 2.75) is 64.5 Å². The Morgan fingerprint density at radius 2 is 1.88 bits per heavy atom. The topological polar surface area (TPSA) is 85.0 Å². The molecule has 2 aliphatic rings. The number of hydrogen-bond acceptors (Lipinski definition) is 8. The molecule has 12 heteroatoms. The van der Waals surface area contributed by atoms with Crippen LogP contribution in [0.15, 0.2) is 30.6 Å². The molecule has 2 aliphatic heterocycles. The Labute approximate surface area is 253 Å². The molecule has 6 rings (SSSR count). The monoisotopic (exact) mass is 610 g/mol. The molecular weight excluding hydrogens is 573 g/mol. The van der Waals surface area contributed by atoms with Crippen molar-refractivity contribution in [3.05, 3.63) is 52.3 Å². The zero-order valence-corrected chi connectivity index (χ0v) is 25.4. The molecule has 0 radical (unpaired) electrons. The van der Waals surface area contributed by atoms with E-state index in [-0.39, 0.29) is 10.9 Å². The number of benzene rings is 1. The summed E-state index contributed by atoms with van der Waals surface area (Å²) in [7, 11) is 0. The molecule has 4 aromatic rings. The molecule has 0 amide bonds. The molecule has 43 heavy (non-hydrogen) atoms. The van der Waals surface area contributed by atoms with Crippen LogP contribution in [0, 0.1) is 18.3 Å². The molecule has 1 aromatic carbocycles. The van der Waals surface area contributed by atoms with Crippen molar-refractivity contribution >= 4 is 38.3 Å². The average Bonchev–Trinajstić information content (AvgIpc) is 3.56. The minimum atomic E-state index is -4.25. The lowest BCUT2D eigenvalue weighted by Gasteiger charge is -2.33. The number of hydrogen-bond donors (Lipinski definition) is 2. The molecule has 8 nitrogen and oxygen atoms in total. The number of nitrogens with zero attached hydrogens (tertiary/aromatic N) is 6. The van der Waals surface area contributed by atoms with Crippen molar-refractivity contribution in [3.63, 3.8) is 0 Å². The van der Waals surface area contributed by atoms with Crippen LogP contribution in [0.25, 0.3) is 21.1 Å². The molecule has 1 atom stereocenters. The normalized spacial score (nSPS) is 18.3. The number of aryl methyl sites for hydroxylation is 1. The first kappa shape index (κ1) is 29.8. The first-order valence-corrected chi connectivity index (χ1v) is 15.8. The molecule has 2 N–H and O–H groups in total. The minimum Gasteiger partial charge on any atom is -0.367 e. The Bertz CT molecular complexity index is 1620. The summed E-state index contributed by atoms with van der Waals surface area (Å²) in [5.74, 6) is 0.610. The van der Waals surface area contributed by atoms with Gasteiger partial charge in [-0.05, 0) is 56.0 Å². The predicted molar refractivity (Wildman–Crippen MR) is 164 cm³/mol. The second-order valence-corrected chi connectivity index (χ2v) is 12.9. The number of likely N-dealkylation sites (tertiary alicyclic amines) is 1. The van der Waals surface area contributed by atoms with Crippen LogP contribution in [0.3, 0.4) is 0 Å². The lowest BCUT2D eigenvalue weighted by molar-refractivity contribution is -0.126. The van der Waals surface area contributed by atoms with Crippen molar-refractivity contribution in [1.82, 2.24) is 29.7 Å². The largest absolute Gasteiger partial charge is 0.393 e. The van der Waals surface area contributed by atoms with E-state index < -0.39 is 12.6 Å². The Morgan fingerprint density at radius 1 is 1.12 bits per heavy atom. The van der Waals surface area contributed by atoms with E-state index in [1.807, 2.05) is 6.07 Å². The van der Waals surface area contributed by atoms with Crippen LogP contribution in [0.5, 0.6) is 0 Å². The molecule has 3 aromatic heterocycles. The lowest BCUT2D eigenvalue weighted by atomic mass is 10.0. The molecule has 5 heterocycles. The molecule has 0 saturated carbocycles. The maximum absolute atomic E-state index is 12.9. The quantitative estimate of drug-likeness (QED) is 0.280. The van der Waals surface area contributed by atoms with Gasteiger partial charge >= 0.3 is 6.18 Å². The highest BCUT2D eigenvalue weighted by Crippen LogP contribution is 2.33. The van der Waals surface area contributed by atoms with Crippen LogP contribution in [0.1, 0.15) is 41.5 Å². The van der Waals surface area contributed by atoms with Gasteiger partial charge in [-0.15, -0.1) is 11.3 Å². The van der Waals surface area contributed by atoms with E-state index in [9.17, 15) is 18.4 Å². The van der Waals surface area contributed by atoms with Gasteiger partial charge in [-0.2, -0.15) is 18.4 Å². The number of nitriles is 1. The molecular formula is C31H37F3N8S. The third-order valence-electron chi connectivity index (χ3n) is 8.88.